The Morgan fingerprint density at radius 1 is 1.56 bits per heavy atom. The normalized spacial score (nSPS) is 14.8. The van der Waals surface area contributed by atoms with Gasteiger partial charge in [0.1, 0.15) is 5.82 Å². The summed E-state index contributed by atoms with van der Waals surface area (Å²) in [6.07, 6.45) is 0.306. The fourth-order valence-corrected chi connectivity index (χ4v) is 2.68. The minimum Gasteiger partial charge on any atom is -0.330 e. The van der Waals surface area contributed by atoms with Gasteiger partial charge < -0.3 is 10.6 Å². The monoisotopic (exact) mass is 240 g/mol. The van der Waals surface area contributed by atoms with Crippen molar-refractivity contribution >= 4 is 23.4 Å². The maximum absolute atomic E-state index is 13.1. The number of amides is 1. The number of fused-ring (bicyclic) bond motifs is 1. The van der Waals surface area contributed by atoms with Crippen molar-refractivity contribution in [3.8, 4) is 0 Å². The molecule has 0 unspecified atom stereocenters. The zero-order valence-electron chi connectivity index (χ0n) is 8.78. The molecule has 0 saturated carbocycles. The van der Waals surface area contributed by atoms with Crippen LogP contribution in [0.3, 0.4) is 0 Å². The minimum atomic E-state index is -0.313. The zero-order chi connectivity index (χ0) is 11.5. The first kappa shape index (κ1) is 11.4. The summed E-state index contributed by atoms with van der Waals surface area (Å²) >= 11 is 1.64. The molecule has 0 saturated heterocycles. The van der Waals surface area contributed by atoms with E-state index in [1.807, 2.05) is 0 Å². The number of halogens is 1. The number of nitrogens with two attached hydrogens (primary N) is 1. The number of hydrogen-bond acceptors (Lipinski definition) is 3. The van der Waals surface area contributed by atoms with Gasteiger partial charge in [-0.2, -0.15) is 0 Å². The molecule has 0 atom stereocenters. The highest BCUT2D eigenvalue weighted by Gasteiger charge is 2.22. The maximum atomic E-state index is 13.1. The number of anilines is 1. The lowest BCUT2D eigenvalue weighted by atomic mass is 10.2. The Morgan fingerprint density at radius 3 is 3.12 bits per heavy atom. The van der Waals surface area contributed by atoms with Crippen molar-refractivity contribution < 1.29 is 9.18 Å². The molecular formula is C11H13FN2OS. The lowest BCUT2D eigenvalue weighted by Gasteiger charge is -2.29. The SMILES string of the molecule is NCCC(=O)N1CCSc2ccc(F)cc21. The molecule has 1 aromatic carbocycles. The first-order valence-corrected chi connectivity index (χ1v) is 6.13. The Kier molecular flexibility index (Phi) is 3.46. The van der Waals surface area contributed by atoms with Gasteiger partial charge in [-0.1, -0.05) is 0 Å². The molecule has 0 aliphatic carbocycles. The highest BCUT2D eigenvalue weighted by Crippen LogP contribution is 2.35. The minimum absolute atomic E-state index is 0.0327. The second-order valence-corrected chi connectivity index (χ2v) is 4.68. The van der Waals surface area contributed by atoms with Crippen LogP contribution in [0.1, 0.15) is 6.42 Å². The Morgan fingerprint density at radius 2 is 2.38 bits per heavy atom. The topological polar surface area (TPSA) is 46.3 Å². The Hall–Kier alpha value is -1.07. The first-order chi connectivity index (χ1) is 7.72. The Labute approximate surface area is 97.8 Å². The summed E-state index contributed by atoms with van der Waals surface area (Å²) in [6.45, 7) is 0.951. The van der Waals surface area contributed by atoms with Crippen molar-refractivity contribution in [2.24, 2.45) is 5.73 Å². The molecule has 1 heterocycles. The lowest BCUT2D eigenvalue weighted by Crippen LogP contribution is -2.36. The summed E-state index contributed by atoms with van der Waals surface area (Å²) in [5.74, 6) is 0.496. The van der Waals surface area contributed by atoms with E-state index in [-0.39, 0.29) is 11.7 Å². The molecule has 0 aromatic heterocycles. The third kappa shape index (κ3) is 2.20. The van der Waals surface area contributed by atoms with Crippen molar-refractivity contribution in [3.63, 3.8) is 0 Å². The van der Waals surface area contributed by atoms with Crippen LogP contribution < -0.4 is 10.6 Å². The van der Waals surface area contributed by atoms with Crippen molar-refractivity contribution in [2.75, 3.05) is 23.7 Å². The second-order valence-electron chi connectivity index (χ2n) is 3.54. The number of rotatable bonds is 2. The molecule has 0 fully saturated rings. The van der Waals surface area contributed by atoms with Crippen LogP contribution >= 0.6 is 11.8 Å². The van der Waals surface area contributed by atoms with Gasteiger partial charge in [-0.05, 0) is 18.2 Å². The van der Waals surface area contributed by atoms with Gasteiger partial charge in [0.15, 0.2) is 0 Å². The number of carbonyl (C=O) groups is 1. The van der Waals surface area contributed by atoms with Gasteiger partial charge in [-0.25, -0.2) is 4.39 Å². The summed E-state index contributed by atoms with van der Waals surface area (Å²) in [4.78, 5) is 14.4. The summed E-state index contributed by atoms with van der Waals surface area (Å²) in [7, 11) is 0. The molecular weight excluding hydrogens is 227 g/mol. The number of carbonyl (C=O) groups excluding carboxylic acids is 1. The van der Waals surface area contributed by atoms with E-state index in [2.05, 4.69) is 0 Å². The highest BCUT2D eigenvalue weighted by molar-refractivity contribution is 7.99. The van der Waals surface area contributed by atoms with E-state index in [9.17, 15) is 9.18 Å². The zero-order valence-corrected chi connectivity index (χ0v) is 9.60. The van der Waals surface area contributed by atoms with Crippen molar-refractivity contribution in [1.82, 2.24) is 0 Å². The molecule has 1 aliphatic heterocycles. The largest absolute Gasteiger partial charge is 0.330 e. The lowest BCUT2D eigenvalue weighted by molar-refractivity contribution is -0.118. The molecule has 1 aliphatic rings. The highest BCUT2D eigenvalue weighted by atomic mass is 32.2. The number of thioether (sulfide) groups is 1. The van der Waals surface area contributed by atoms with E-state index >= 15 is 0 Å². The van der Waals surface area contributed by atoms with E-state index in [1.165, 1.54) is 12.1 Å². The van der Waals surface area contributed by atoms with Gasteiger partial charge in [0.05, 0.1) is 5.69 Å². The van der Waals surface area contributed by atoms with Gasteiger partial charge in [0.25, 0.3) is 0 Å². The smallest absolute Gasteiger partial charge is 0.228 e. The molecule has 16 heavy (non-hydrogen) atoms. The van der Waals surface area contributed by atoms with Gasteiger partial charge in [-0.15, -0.1) is 11.8 Å². The quantitative estimate of drug-likeness (QED) is 0.854. The third-order valence-corrected chi connectivity index (χ3v) is 3.49. The summed E-state index contributed by atoms with van der Waals surface area (Å²) in [5, 5.41) is 0. The predicted molar refractivity (Wildman–Crippen MR) is 63.1 cm³/mol. The standard InChI is InChI=1S/C11H13FN2OS/c12-8-1-2-10-9(7-8)14(5-6-16-10)11(15)3-4-13/h1-2,7H,3-6,13H2. The molecule has 0 bridgehead atoms. The van der Waals surface area contributed by atoms with Crippen LogP contribution in [-0.4, -0.2) is 24.7 Å². The molecule has 0 spiro atoms. The average molecular weight is 240 g/mol. The first-order valence-electron chi connectivity index (χ1n) is 5.15. The van der Waals surface area contributed by atoms with Crippen LogP contribution in [0, 0.1) is 5.82 Å². The van der Waals surface area contributed by atoms with E-state index in [0.717, 1.165) is 10.6 Å². The van der Waals surface area contributed by atoms with Crippen LogP contribution in [0.5, 0.6) is 0 Å². The molecule has 0 radical (unpaired) electrons. The molecule has 86 valence electrons. The van der Waals surface area contributed by atoms with E-state index in [1.54, 1.807) is 22.7 Å². The fraction of sp³-hybridized carbons (Fsp3) is 0.364. The molecule has 1 aromatic rings. The van der Waals surface area contributed by atoms with Gasteiger partial charge in [0, 0.05) is 30.2 Å². The Balaban J connectivity index is 2.31. The van der Waals surface area contributed by atoms with Gasteiger partial charge >= 0.3 is 0 Å². The molecule has 2 N–H and O–H groups in total. The maximum Gasteiger partial charge on any atom is 0.228 e. The van der Waals surface area contributed by atoms with Crippen LogP contribution in [0.2, 0.25) is 0 Å². The second kappa shape index (κ2) is 4.84. The van der Waals surface area contributed by atoms with E-state index in [4.69, 9.17) is 5.73 Å². The Bertz CT molecular complexity index is 411. The summed E-state index contributed by atoms with van der Waals surface area (Å²) in [5.41, 5.74) is 6.03. The van der Waals surface area contributed by atoms with Crippen LogP contribution in [0.15, 0.2) is 23.1 Å². The summed E-state index contributed by atoms with van der Waals surface area (Å²) < 4.78 is 13.1. The number of benzene rings is 1. The molecule has 2 rings (SSSR count). The molecule has 5 heteroatoms. The van der Waals surface area contributed by atoms with Gasteiger partial charge in [-0.3, -0.25) is 4.79 Å². The molecule has 1 amide bonds. The van der Waals surface area contributed by atoms with Crippen LogP contribution in [0.25, 0.3) is 0 Å². The van der Waals surface area contributed by atoms with E-state index < -0.39 is 0 Å². The third-order valence-electron chi connectivity index (χ3n) is 2.44. The number of hydrogen-bond donors (Lipinski definition) is 1. The average Bonchev–Trinajstić information content (AvgIpc) is 2.28. The summed E-state index contributed by atoms with van der Waals surface area (Å²) in [6, 6.07) is 4.55. The number of nitrogens with zero attached hydrogens (tertiary/aromatic N) is 1. The van der Waals surface area contributed by atoms with Crippen molar-refractivity contribution in [1.29, 1.82) is 0 Å². The fourth-order valence-electron chi connectivity index (χ4n) is 1.71. The van der Waals surface area contributed by atoms with Crippen molar-refractivity contribution in [2.45, 2.75) is 11.3 Å². The van der Waals surface area contributed by atoms with Crippen LogP contribution in [-0.2, 0) is 4.79 Å². The molecule has 3 nitrogen and oxygen atoms in total. The van der Waals surface area contributed by atoms with Gasteiger partial charge in [0.2, 0.25) is 5.91 Å². The van der Waals surface area contributed by atoms with E-state index in [0.29, 0.717) is 25.2 Å². The van der Waals surface area contributed by atoms with Crippen molar-refractivity contribution in [3.05, 3.63) is 24.0 Å². The predicted octanol–water partition coefficient (Wildman–Crippen LogP) is 1.61. The van der Waals surface area contributed by atoms with Crippen LogP contribution in [0.4, 0.5) is 10.1 Å².